The zero-order chi connectivity index (χ0) is 22.0. The van der Waals surface area contributed by atoms with E-state index in [2.05, 4.69) is 25.2 Å². The third-order valence-corrected chi connectivity index (χ3v) is 6.23. The Kier molecular flexibility index (Phi) is 4.42. The molecule has 0 spiro atoms. The number of rotatable bonds is 4. The average molecular weight is 453 g/mol. The maximum absolute atomic E-state index is 12.5. The van der Waals surface area contributed by atoms with Crippen molar-refractivity contribution in [3.63, 3.8) is 0 Å². The quantitative estimate of drug-likeness (QED) is 0.562. The Bertz CT molecular complexity index is 1170. The Balaban J connectivity index is 1.27. The van der Waals surface area contributed by atoms with Crippen molar-refractivity contribution in [2.45, 2.75) is 30.8 Å². The van der Waals surface area contributed by atoms with Crippen molar-refractivity contribution in [3.05, 3.63) is 52.9 Å². The third-order valence-electron chi connectivity index (χ3n) is 6.01. The smallest absolute Gasteiger partial charge is 0.404 e. The molecule has 162 valence electrons. The summed E-state index contributed by atoms with van der Waals surface area (Å²) >= 11 is 6.18. The van der Waals surface area contributed by atoms with Crippen LogP contribution in [0.2, 0.25) is 5.02 Å². The lowest BCUT2D eigenvalue weighted by Crippen LogP contribution is -2.33. The molecule has 2 saturated carbocycles. The number of carbonyl (C=O) groups is 1. The number of nitrogens with zero attached hydrogens (tertiary/aromatic N) is 2. The van der Waals surface area contributed by atoms with Crippen LogP contribution in [0.5, 0.6) is 5.75 Å². The molecule has 1 amide bonds. The van der Waals surface area contributed by atoms with Crippen LogP contribution in [0.15, 0.2) is 36.8 Å². The molecule has 0 unspecified atom stereocenters. The van der Waals surface area contributed by atoms with E-state index in [1.807, 2.05) is 0 Å². The first-order valence-corrected chi connectivity index (χ1v) is 9.88. The van der Waals surface area contributed by atoms with Crippen molar-refractivity contribution < 1.29 is 27.8 Å². The Morgan fingerprint density at radius 2 is 1.97 bits per heavy atom. The summed E-state index contributed by atoms with van der Waals surface area (Å²) in [6.07, 6.45) is -0.301. The third kappa shape index (κ3) is 3.70. The standard InChI is InChI=1S/C20H16ClF3N4O3/c21-10-2-15(14-8-26-28-16(14)3-10)19(30)4-12-13(5-19)17(12)27-18(29)9-1-11(7-25-6-9)31-20(22,23)24/h1-3,6-8,12-13,17,30H,4-5H2,(H,26,28)(H,27,29)/t12-,13+,17-,19+. The number of halogens is 4. The van der Waals surface area contributed by atoms with Crippen LogP contribution >= 0.6 is 11.6 Å². The predicted octanol–water partition coefficient (Wildman–Crippen LogP) is 3.54. The largest absolute Gasteiger partial charge is 0.573 e. The number of alkyl halides is 3. The molecular weight excluding hydrogens is 437 g/mol. The highest BCUT2D eigenvalue weighted by Crippen LogP contribution is 2.60. The minimum atomic E-state index is -4.87. The van der Waals surface area contributed by atoms with Crippen LogP contribution in [0.25, 0.3) is 10.9 Å². The Hall–Kier alpha value is -2.85. The molecule has 31 heavy (non-hydrogen) atoms. The molecule has 3 aromatic rings. The normalized spacial score (nSPS) is 27.2. The highest BCUT2D eigenvalue weighted by molar-refractivity contribution is 6.31. The zero-order valence-electron chi connectivity index (χ0n) is 15.8. The van der Waals surface area contributed by atoms with E-state index in [1.54, 1.807) is 18.3 Å². The summed E-state index contributed by atoms with van der Waals surface area (Å²) in [5, 5.41) is 22.2. The summed E-state index contributed by atoms with van der Waals surface area (Å²) in [6, 6.07) is 4.29. The van der Waals surface area contributed by atoms with Crippen LogP contribution in [-0.2, 0) is 5.60 Å². The van der Waals surface area contributed by atoms with Crippen LogP contribution in [-0.4, -0.2) is 38.6 Å². The van der Waals surface area contributed by atoms with Crippen LogP contribution in [0, 0.1) is 11.8 Å². The van der Waals surface area contributed by atoms with E-state index >= 15 is 0 Å². The summed E-state index contributed by atoms with van der Waals surface area (Å²) in [5.74, 6) is -0.992. The van der Waals surface area contributed by atoms with Crippen LogP contribution in [0.3, 0.4) is 0 Å². The first-order chi connectivity index (χ1) is 14.6. The molecule has 5 rings (SSSR count). The van der Waals surface area contributed by atoms with Crippen molar-refractivity contribution in [3.8, 4) is 5.75 Å². The minimum Gasteiger partial charge on any atom is -0.404 e. The van der Waals surface area contributed by atoms with Gasteiger partial charge in [0.05, 0.1) is 29.1 Å². The number of nitrogens with one attached hydrogen (secondary N) is 2. The fourth-order valence-corrected chi connectivity index (χ4v) is 4.89. The molecule has 0 bridgehead atoms. The number of pyridine rings is 1. The lowest BCUT2D eigenvalue weighted by atomic mass is 9.86. The van der Waals surface area contributed by atoms with Gasteiger partial charge in [-0.25, -0.2) is 0 Å². The van der Waals surface area contributed by atoms with E-state index in [1.165, 1.54) is 6.20 Å². The molecule has 0 radical (unpaired) electrons. The molecule has 4 atom stereocenters. The molecule has 2 aromatic heterocycles. The monoisotopic (exact) mass is 452 g/mol. The number of fused-ring (bicyclic) bond motifs is 2. The second-order valence-electron chi connectivity index (χ2n) is 8.01. The number of hydrogen-bond donors (Lipinski definition) is 3. The van der Waals surface area contributed by atoms with Gasteiger partial charge in [0.15, 0.2) is 0 Å². The summed E-state index contributed by atoms with van der Waals surface area (Å²) in [5.41, 5.74) is 0.306. The number of H-pyrrole nitrogens is 1. The maximum Gasteiger partial charge on any atom is 0.573 e. The van der Waals surface area contributed by atoms with E-state index < -0.39 is 23.6 Å². The number of aromatic amines is 1. The molecule has 11 heteroatoms. The molecule has 0 saturated heterocycles. The van der Waals surface area contributed by atoms with E-state index in [9.17, 15) is 23.1 Å². The fourth-order valence-electron chi connectivity index (χ4n) is 4.67. The van der Waals surface area contributed by atoms with E-state index in [0.29, 0.717) is 23.4 Å². The average Bonchev–Trinajstić information content (AvgIpc) is 3.04. The summed E-state index contributed by atoms with van der Waals surface area (Å²) in [6.45, 7) is 0. The van der Waals surface area contributed by atoms with E-state index in [4.69, 9.17) is 11.6 Å². The number of aliphatic hydroxyl groups is 1. The van der Waals surface area contributed by atoms with Crippen molar-refractivity contribution >= 4 is 28.4 Å². The maximum atomic E-state index is 12.5. The van der Waals surface area contributed by atoms with Crippen molar-refractivity contribution in [2.75, 3.05) is 0 Å². The van der Waals surface area contributed by atoms with Gasteiger partial charge in [-0.15, -0.1) is 13.2 Å². The van der Waals surface area contributed by atoms with Gasteiger partial charge in [0, 0.05) is 22.6 Å². The van der Waals surface area contributed by atoms with Gasteiger partial charge in [-0.2, -0.15) is 5.10 Å². The molecule has 2 fully saturated rings. The molecule has 1 aromatic carbocycles. The number of benzene rings is 1. The van der Waals surface area contributed by atoms with Crippen LogP contribution in [0.4, 0.5) is 13.2 Å². The predicted molar refractivity (Wildman–Crippen MR) is 103 cm³/mol. The first kappa shape index (κ1) is 20.1. The minimum absolute atomic E-state index is 0.0306. The number of amides is 1. The molecule has 0 aliphatic heterocycles. The molecule has 7 nitrogen and oxygen atoms in total. The Morgan fingerprint density at radius 3 is 2.68 bits per heavy atom. The highest BCUT2D eigenvalue weighted by Gasteiger charge is 2.62. The molecular formula is C20H16ClF3N4O3. The summed E-state index contributed by atoms with van der Waals surface area (Å²) in [4.78, 5) is 16.1. The van der Waals surface area contributed by atoms with Gasteiger partial charge >= 0.3 is 6.36 Å². The number of carbonyl (C=O) groups excluding carboxylic acids is 1. The van der Waals surface area contributed by atoms with Gasteiger partial charge in [-0.05, 0) is 48.4 Å². The number of ether oxygens (including phenoxy) is 1. The molecule has 3 N–H and O–H groups in total. The molecule has 2 aliphatic carbocycles. The topological polar surface area (TPSA) is 100 Å². The Morgan fingerprint density at radius 1 is 1.23 bits per heavy atom. The van der Waals surface area contributed by atoms with Crippen LogP contribution < -0.4 is 10.1 Å². The summed E-state index contributed by atoms with van der Waals surface area (Å²) < 4.78 is 40.9. The Labute approximate surface area is 178 Å². The van der Waals surface area contributed by atoms with Gasteiger partial charge in [0.25, 0.3) is 5.91 Å². The molecule has 2 aliphatic rings. The van der Waals surface area contributed by atoms with Gasteiger partial charge in [-0.1, -0.05) is 11.6 Å². The lowest BCUT2D eigenvalue weighted by Gasteiger charge is -2.27. The van der Waals surface area contributed by atoms with Gasteiger partial charge in [-0.3, -0.25) is 14.9 Å². The van der Waals surface area contributed by atoms with E-state index in [0.717, 1.165) is 23.2 Å². The lowest BCUT2D eigenvalue weighted by molar-refractivity contribution is -0.274. The second-order valence-corrected chi connectivity index (χ2v) is 8.44. The zero-order valence-corrected chi connectivity index (χ0v) is 16.5. The highest BCUT2D eigenvalue weighted by atomic mass is 35.5. The van der Waals surface area contributed by atoms with Crippen molar-refractivity contribution in [2.24, 2.45) is 11.8 Å². The number of aromatic nitrogens is 3. The van der Waals surface area contributed by atoms with Gasteiger partial charge < -0.3 is 15.2 Å². The SMILES string of the molecule is O=C(N[C@@H]1[C@@H]2C[C@@](O)(c3cc(Cl)cc4[nH]ncc34)C[C@@H]21)c1cncc(OC(F)(F)F)c1. The number of hydrogen-bond acceptors (Lipinski definition) is 5. The van der Waals surface area contributed by atoms with Crippen molar-refractivity contribution in [1.29, 1.82) is 0 Å². The summed E-state index contributed by atoms with van der Waals surface area (Å²) in [7, 11) is 0. The van der Waals surface area contributed by atoms with Crippen molar-refractivity contribution in [1.82, 2.24) is 20.5 Å². The second kappa shape index (κ2) is 6.83. The molecule has 2 heterocycles. The fraction of sp³-hybridized carbons (Fsp3) is 0.350. The first-order valence-electron chi connectivity index (χ1n) is 9.50. The van der Waals surface area contributed by atoms with Gasteiger partial charge in [0.1, 0.15) is 5.75 Å². The van der Waals surface area contributed by atoms with E-state index in [-0.39, 0.29) is 23.4 Å². The van der Waals surface area contributed by atoms with Gasteiger partial charge in [0.2, 0.25) is 0 Å². The van der Waals surface area contributed by atoms with Crippen LogP contribution in [0.1, 0.15) is 28.8 Å².